The lowest BCUT2D eigenvalue weighted by Gasteiger charge is -2.09. The third-order valence-corrected chi connectivity index (χ3v) is 2.60. The van der Waals surface area contributed by atoms with Crippen LogP contribution in [0.15, 0.2) is 35.5 Å². The van der Waals surface area contributed by atoms with E-state index in [9.17, 15) is 0 Å². The zero-order valence-electron chi connectivity index (χ0n) is 9.00. The third kappa shape index (κ3) is 1.78. The van der Waals surface area contributed by atoms with Gasteiger partial charge in [-0.2, -0.15) is 0 Å². The van der Waals surface area contributed by atoms with Crippen molar-refractivity contribution in [2.24, 2.45) is 5.73 Å². The van der Waals surface area contributed by atoms with Crippen molar-refractivity contribution in [3.8, 4) is 0 Å². The van der Waals surface area contributed by atoms with Gasteiger partial charge < -0.3 is 15.1 Å². The summed E-state index contributed by atoms with van der Waals surface area (Å²) in [6.45, 7) is 0. The van der Waals surface area contributed by atoms with Crippen LogP contribution in [0.25, 0.3) is 11.2 Å². The van der Waals surface area contributed by atoms with Crippen molar-refractivity contribution in [3.05, 3.63) is 42.5 Å². The Morgan fingerprint density at radius 3 is 3.12 bits per heavy atom. The maximum atomic E-state index is 6.11. The van der Waals surface area contributed by atoms with Crippen molar-refractivity contribution in [2.75, 3.05) is 0 Å². The van der Waals surface area contributed by atoms with Gasteiger partial charge in [-0.1, -0.05) is 0 Å². The first-order valence-corrected chi connectivity index (χ1v) is 5.26. The number of aromatic nitrogens is 4. The minimum absolute atomic E-state index is 0.243. The fraction of sp³-hybridized carbons (Fsp3) is 0.182. The van der Waals surface area contributed by atoms with Gasteiger partial charge in [0.05, 0.1) is 24.3 Å². The normalized spacial score (nSPS) is 13.0. The van der Waals surface area contributed by atoms with E-state index in [1.54, 1.807) is 12.6 Å². The molecular weight excluding hydrogens is 218 g/mol. The number of hydrogen-bond donors (Lipinski definition) is 2. The first-order valence-electron chi connectivity index (χ1n) is 5.26. The van der Waals surface area contributed by atoms with Crippen LogP contribution in [-0.4, -0.2) is 19.9 Å². The predicted molar refractivity (Wildman–Crippen MR) is 61.0 cm³/mol. The fourth-order valence-electron chi connectivity index (χ4n) is 1.81. The van der Waals surface area contributed by atoms with E-state index in [1.807, 2.05) is 12.1 Å². The van der Waals surface area contributed by atoms with Crippen LogP contribution in [0, 0.1) is 0 Å². The molecule has 6 heteroatoms. The predicted octanol–water partition coefficient (Wildman–Crippen LogP) is 1.19. The topological polar surface area (TPSA) is 93.6 Å². The maximum Gasteiger partial charge on any atom is 0.180 e. The SMILES string of the molecule is NC(Cc1ccco1)c1ncnc2nc[nH]c12. The molecule has 6 nitrogen and oxygen atoms in total. The molecule has 0 amide bonds. The molecule has 3 N–H and O–H groups in total. The van der Waals surface area contributed by atoms with Gasteiger partial charge in [-0.15, -0.1) is 0 Å². The number of aromatic amines is 1. The summed E-state index contributed by atoms with van der Waals surface area (Å²) in [6.07, 6.45) is 5.29. The molecule has 0 fully saturated rings. The van der Waals surface area contributed by atoms with Crippen LogP contribution in [-0.2, 0) is 6.42 Å². The van der Waals surface area contributed by atoms with Crippen molar-refractivity contribution < 1.29 is 4.42 Å². The molecule has 3 heterocycles. The summed E-state index contributed by atoms with van der Waals surface area (Å²) in [5.41, 5.74) is 8.28. The lowest BCUT2D eigenvalue weighted by Crippen LogP contribution is -2.15. The summed E-state index contributed by atoms with van der Waals surface area (Å²) >= 11 is 0. The second-order valence-electron chi connectivity index (χ2n) is 3.75. The van der Waals surface area contributed by atoms with Crippen molar-refractivity contribution in [1.29, 1.82) is 0 Å². The highest BCUT2D eigenvalue weighted by molar-refractivity contribution is 5.72. The van der Waals surface area contributed by atoms with Crippen LogP contribution >= 0.6 is 0 Å². The maximum absolute atomic E-state index is 6.11. The molecule has 0 radical (unpaired) electrons. The number of imidazole rings is 1. The van der Waals surface area contributed by atoms with Crippen LogP contribution in [0.4, 0.5) is 0 Å². The van der Waals surface area contributed by atoms with Gasteiger partial charge >= 0.3 is 0 Å². The summed E-state index contributed by atoms with van der Waals surface area (Å²) in [5.74, 6) is 0.837. The Hall–Kier alpha value is -2.21. The number of nitrogens with zero attached hydrogens (tertiary/aromatic N) is 3. The molecule has 1 atom stereocenters. The van der Waals surface area contributed by atoms with Crippen LogP contribution in [0.2, 0.25) is 0 Å². The number of rotatable bonds is 3. The number of H-pyrrole nitrogens is 1. The zero-order valence-corrected chi connectivity index (χ0v) is 9.00. The van der Waals surface area contributed by atoms with E-state index >= 15 is 0 Å². The minimum Gasteiger partial charge on any atom is -0.469 e. The monoisotopic (exact) mass is 229 g/mol. The number of nitrogens with one attached hydrogen (secondary N) is 1. The van der Waals surface area contributed by atoms with Gasteiger partial charge in [0.2, 0.25) is 0 Å². The van der Waals surface area contributed by atoms with Gasteiger partial charge in [-0.3, -0.25) is 0 Å². The molecule has 3 rings (SSSR count). The molecule has 0 aliphatic carbocycles. The molecule has 0 spiro atoms. The van der Waals surface area contributed by atoms with E-state index in [4.69, 9.17) is 10.2 Å². The first-order chi connectivity index (χ1) is 8.34. The van der Waals surface area contributed by atoms with E-state index in [-0.39, 0.29) is 6.04 Å². The van der Waals surface area contributed by atoms with Crippen molar-refractivity contribution in [1.82, 2.24) is 19.9 Å². The van der Waals surface area contributed by atoms with E-state index in [1.165, 1.54) is 6.33 Å². The number of furan rings is 1. The third-order valence-electron chi connectivity index (χ3n) is 2.60. The molecule has 1 unspecified atom stereocenters. The fourth-order valence-corrected chi connectivity index (χ4v) is 1.81. The Morgan fingerprint density at radius 1 is 1.35 bits per heavy atom. The van der Waals surface area contributed by atoms with Gasteiger partial charge in [0.25, 0.3) is 0 Å². The Labute approximate surface area is 96.9 Å². The van der Waals surface area contributed by atoms with E-state index in [0.29, 0.717) is 12.1 Å². The zero-order chi connectivity index (χ0) is 11.7. The molecule has 0 aliphatic heterocycles. The van der Waals surface area contributed by atoms with E-state index in [2.05, 4.69) is 19.9 Å². The summed E-state index contributed by atoms with van der Waals surface area (Å²) in [4.78, 5) is 15.3. The summed E-state index contributed by atoms with van der Waals surface area (Å²) in [5, 5.41) is 0. The van der Waals surface area contributed by atoms with Gasteiger partial charge in [-0.25, -0.2) is 15.0 Å². The smallest absolute Gasteiger partial charge is 0.180 e. The average molecular weight is 229 g/mol. The Morgan fingerprint density at radius 2 is 2.29 bits per heavy atom. The summed E-state index contributed by atoms with van der Waals surface area (Å²) in [7, 11) is 0. The number of hydrogen-bond acceptors (Lipinski definition) is 5. The Bertz CT molecular complexity index is 616. The molecular formula is C11H11N5O. The first kappa shape index (κ1) is 9.98. The van der Waals surface area contributed by atoms with Crippen molar-refractivity contribution in [3.63, 3.8) is 0 Å². The quantitative estimate of drug-likeness (QED) is 0.703. The number of fused-ring (bicyclic) bond motifs is 1. The largest absolute Gasteiger partial charge is 0.469 e. The molecule has 3 aromatic heterocycles. The van der Waals surface area contributed by atoms with Crippen LogP contribution in [0.1, 0.15) is 17.5 Å². The highest BCUT2D eigenvalue weighted by Crippen LogP contribution is 2.19. The van der Waals surface area contributed by atoms with Gasteiger partial charge in [0, 0.05) is 6.42 Å². The molecule has 3 aromatic rings. The second-order valence-corrected chi connectivity index (χ2v) is 3.75. The Balaban J connectivity index is 1.95. The molecule has 0 saturated carbocycles. The van der Waals surface area contributed by atoms with E-state index in [0.717, 1.165) is 17.0 Å². The molecule has 0 aromatic carbocycles. The standard InChI is InChI=1S/C11H11N5O/c12-8(4-7-2-1-3-17-7)9-10-11(15-5-13-9)16-6-14-10/h1-3,5-6,8H,4,12H2,(H,13,14,15,16). The minimum atomic E-state index is -0.243. The lowest BCUT2D eigenvalue weighted by molar-refractivity contribution is 0.486. The van der Waals surface area contributed by atoms with Gasteiger partial charge in [0.15, 0.2) is 5.65 Å². The van der Waals surface area contributed by atoms with Gasteiger partial charge in [0.1, 0.15) is 17.6 Å². The summed E-state index contributed by atoms with van der Waals surface area (Å²) < 4.78 is 5.27. The van der Waals surface area contributed by atoms with Crippen LogP contribution in [0.5, 0.6) is 0 Å². The highest BCUT2D eigenvalue weighted by atomic mass is 16.3. The van der Waals surface area contributed by atoms with Crippen LogP contribution < -0.4 is 5.73 Å². The molecule has 0 saturated heterocycles. The Kier molecular flexibility index (Phi) is 2.34. The van der Waals surface area contributed by atoms with Crippen molar-refractivity contribution in [2.45, 2.75) is 12.5 Å². The molecule has 17 heavy (non-hydrogen) atoms. The molecule has 0 aliphatic rings. The average Bonchev–Trinajstić information content (AvgIpc) is 2.97. The lowest BCUT2D eigenvalue weighted by atomic mass is 10.1. The van der Waals surface area contributed by atoms with Crippen molar-refractivity contribution >= 4 is 11.2 Å². The highest BCUT2D eigenvalue weighted by Gasteiger charge is 2.15. The molecule has 0 bridgehead atoms. The number of nitrogens with two attached hydrogens (primary N) is 1. The summed E-state index contributed by atoms with van der Waals surface area (Å²) in [6, 6.07) is 3.49. The van der Waals surface area contributed by atoms with Gasteiger partial charge in [-0.05, 0) is 12.1 Å². The van der Waals surface area contributed by atoms with Crippen LogP contribution in [0.3, 0.4) is 0 Å². The van der Waals surface area contributed by atoms with E-state index < -0.39 is 0 Å². The second kappa shape index (κ2) is 3.99. The molecule has 86 valence electrons.